The molecule has 2 aliphatic carbocycles. The molecule has 2 saturated carbocycles. The normalized spacial score (nSPS) is 33.3. The summed E-state index contributed by atoms with van der Waals surface area (Å²) in [6.07, 6.45) is 9.12. The van der Waals surface area contributed by atoms with E-state index < -0.39 is 0 Å². The number of fused-ring (bicyclic) bond motifs is 2. The van der Waals surface area contributed by atoms with Crippen molar-refractivity contribution in [3.63, 3.8) is 0 Å². The second-order valence-electron chi connectivity index (χ2n) is 4.65. The van der Waals surface area contributed by atoms with Crippen LogP contribution in [-0.2, 0) is 0 Å². The van der Waals surface area contributed by atoms with Crippen LogP contribution in [0, 0.1) is 11.8 Å². The zero-order valence-corrected chi connectivity index (χ0v) is 10.1. The lowest BCUT2D eigenvalue weighted by Crippen LogP contribution is -2.26. The first-order chi connectivity index (χ1) is 7.31. The Morgan fingerprint density at radius 1 is 1.20 bits per heavy atom. The maximum absolute atomic E-state index is 4.30. The lowest BCUT2D eigenvalue weighted by molar-refractivity contribution is 0.439. The summed E-state index contributed by atoms with van der Waals surface area (Å²) in [4.78, 5) is 8.48. The van der Waals surface area contributed by atoms with Crippen molar-refractivity contribution in [1.29, 1.82) is 0 Å². The van der Waals surface area contributed by atoms with Crippen LogP contribution in [0.3, 0.4) is 0 Å². The van der Waals surface area contributed by atoms with Crippen molar-refractivity contribution >= 4 is 21.7 Å². The van der Waals surface area contributed by atoms with Crippen molar-refractivity contribution in [1.82, 2.24) is 9.97 Å². The Kier molecular flexibility index (Phi) is 2.39. The van der Waals surface area contributed by atoms with Crippen LogP contribution in [-0.4, -0.2) is 16.0 Å². The minimum Gasteiger partial charge on any atom is -0.366 e. The Hall–Kier alpha value is -0.640. The Morgan fingerprint density at radius 3 is 2.73 bits per heavy atom. The predicted molar refractivity (Wildman–Crippen MR) is 62.6 cm³/mol. The molecule has 0 spiro atoms. The fourth-order valence-electron chi connectivity index (χ4n) is 3.00. The molecule has 2 bridgehead atoms. The minimum absolute atomic E-state index is 0.638. The highest BCUT2D eigenvalue weighted by Gasteiger charge is 2.39. The SMILES string of the molecule is Brc1cnc(NC2CC3CCC2C3)cn1. The predicted octanol–water partition coefficient (Wildman–Crippen LogP) is 2.84. The first-order valence-electron chi connectivity index (χ1n) is 5.55. The summed E-state index contributed by atoms with van der Waals surface area (Å²) in [5.74, 6) is 2.76. The summed E-state index contributed by atoms with van der Waals surface area (Å²) in [5, 5.41) is 3.51. The van der Waals surface area contributed by atoms with Crippen molar-refractivity contribution in [3.05, 3.63) is 17.0 Å². The van der Waals surface area contributed by atoms with Crippen molar-refractivity contribution in [2.24, 2.45) is 11.8 Å². The molecule has 0 radical (unpaired) electrons. The molecule has 0 amide bonds. The van der Waals surface area contributed by atoms with Gasteiger partial charge >= 0.3 is 0 Å². The van der Waals surface area contributed by atoms with Gasteiger partial charge in [-0.25, -0.2) is 9.97 Å². The van der Waals surface area contributed by atoms with Gasteiger partial charge in [-0.3, -0.25) is 0 Å². The van der Waals surface area contributed by atoms with Gasteiger partial charge in [0, 0.05) is 6.04 Å². The molecule has 3 nitrogen and oxygen atoms in total. The molecule has 3 rings (SSSR count). The first-order valence-corrected chi connectivity index (χ1v) is 6.34. The van der Waals surface area contributed by atoms with E-state index >= 15 is 0 Å². The van der Waals surface area contributed by atoms with Gasteiger partial charge in [-0.05, 0) is 47.0 Å². The van der Waals surface area contributed by atoms with Gasteiger partial charge in [0.1, 0.15) is 10.4 Å². The molecule has 1 heterocycles. The highest BCUT2D eigenvalue weighted by molar-refractivity contribution is 9.10. The zero-order valence-electron chi connectivity index (χ0n) is 8.49. The fraction of sp³-hybridized carbons (Fsp3) is 0.636. The van der Waals surface area contributed by atoms with Crippen molar-refractivity contribution in [2.45, 2.75) is 31.7 Å². The molecule has 0 aromatic carbocycles. The minimum atomic E-state index is 0.638. The van der Waals surface area contributed by atoms with E-state index in [1.165, 1.54) is 25.7 Å². The van der Waals surface area contributed by atoms with Crippen LogP contribution in [0.4, 0.5) is 5.82 Å². The summed E-state index contributed by atoms with van der Waals surface area (Å²) in [5.41, 5.74) is 0. The molecule has 0 aliphatic heterocycles. The summed E-state index contributed by atoms with van der Waals surface area (Å²) < 4.78 is 0.793. The summed E-state index contributed by atoms with van der Waals surface area (Å²) in [6.45, 7) is 0. The number of halogens is 1. The standard InChI is InChI=1S/C11H14BrN3/c12-10-5-14-11(6-13-10)15-9-4-7-1-2-8(9)3-7/h5-9H,1-4H2,(H,14,15). The first kappa shape index (κ1) is 9.58. The fourth-order valence-corrected chi connectivity index (χ4v) is 3.20. The van der Waals surface area contributed by atoms with Gasteiger partial charge < -0.3 is 5.32 Å². The monoisotopic (exact) mass is 267 g/mol. The molecule has 1 N–H and O–H groups in total. The molecular formula is C11H14BrN3. The van der Waals surface area contributed by atoms with Crippen LogP contribution >= 0.6 is 15.9 Å². The van der Waals surface area contributed by atoms with E-state index in [1.807, 2.05) is 0 Å². The quantitative estimate of drug-likeness (QED) is 0.896. The van der Waals surface area contributed by atoms with Crippen LogP contribution in [0.1, 0.15) is 25.7 Å². The van der Waals surface area contributed by atoms with E-state index in [9.17, 15) is 0 Å². The third-order valence-corrected chi connectivity index (χ3v) is 4.10. The van der Waals surface area contributed by atoms with E-state index in [0.717, 1.165) is 22.3 Å². The molecule has 1 aromatic heterocycles. The van der Waals surface area contributed by atoms with Crippen molar-refractivity contribution in [3.8, 4) is 0 Å². The van der Waals surface area contributed by atoms with Crippen molar-refractivity contribution < 1.29 is 0 Å². The molecule has 3 unspecified atom stereocenters. The highest BCUT2D eigenvalue weighted by Crippen LogP contribution is 2.45. The largest absolute Gasteiger partial charge is 0.366 e. The third kappa shape index (κ3) is 1.87. The summed E-state index contributed by atoms with van der Waals surface area (Å²) >= 11 is 3.29. The van der Waals surface area contributed by atoms with Gasteiger partial charge in [-0.1, -0.05) is 6.42 Å². The van der Waals surface area contributed by atoms with E-state index in [2.05, 4.69) is 31.2 Å². The van der Waals surface area contributed by atoms with Crippen LogP contribution in [0.15, 0.2) is 17.0 Å². The second-order valence-corrected chi connectivity index (χ2v) is 5.46. The Morgan fingerprint density at radius 2 is 2.13 bits per heavy atom. The zero-order chi connectivity index (χ0) is 10.3. The number of nitrogens with one attached hydrogen (secondary N) is 1. The lowest BCUT2D eigenvalue weighted by atomic mass is 9.95. The van der Waals surface area contributed by atoms with Gasteiger partial charge in [0.15, 0.2) is 0 Å². The molecule has 15 heavy (non-hydrogen) atoms. The van der Waals surface area contributed by atoms with Gasteiger partial charge in [-0.15, -0.1) is 0 Å². The lowest BCUT2D eigenvalue weighted by Gasteiger charge is -2.23. The molecule has 2 aliphatic rings. The number of anilines is 1. The average Bonchev–Trinajstić information content (AvgIpc) is 2.83. The maximum Gasteiger partial charge on any atom is 0.144 e. The molecule has 80 valence electrons. The highest BCUT2D eigenvalue weighted by atomic mass is 79.9. The maximum atomic E-state index is 4.30. The molecule has 4 heteroatoms. The van der Waals surface area contributed by atoms with Crippen LogP contribution in [0.2, 0.25) is 0 Å². The van der Waals surface area contributed by atoms with E-state index in [0.29, 0.717) is 6.04 Å². The van der Waals surface area contributed by atoms with Crippen LogP contribution in [0.5, 0.6) is 0 Å². The third-order valence-electron chi connectivity index (χ3n) is 3.69. The van der Waals surface area contributed by atoms with E-state index in [4.69, 9.17) is 0 Å². The van der Waals surface area contributed by atoms with Gasteiger partial charge in [0.05, 0.1) is 12.4 Å². The number of rotatable bonds is 2. The Balaban J connectivity index is 1.68. The van der Waals surface area contributed by atoms with E-state index in [1.54, 1.807) is 12.4 Å². The summed E-state index contributed by atoms with van der Waals surface area (Å²) in [7, 11) is 0. The smallest absolute Gasteiger partial charge is 0.144 e. The number of hydrogen-bond donors (Lipinski definition) is 1. The molecule has 1 aromatic rings. The molecular weight excluding hydrogens is 254 g/mol. The van der Waals surface area contributed by atoms with Crippen LogP contribution in [0.25, 0.3) is 0 Å². The topological polar surface area (TPSA) is 37.8 Å². The van der Waals surface area contributed by atoms with Gasteiger partial charge in [-0.2, -0.15) is 0 Å². The Bertz CT molecular complexity index is 351. The number of hydrogen-bond acceptors (Lipinski definition) is 3. The van der Waals surface area contributed by atoms with Gasteiger partial charge in [0.2, 0.25) is 0 Å². The van der Waals surface area contributed by atoms with Crippen molar-refractivity contribution in [2.75, 3.05) is 5.32 Å². The number of nitrogens with zero attached hydrogens (tertiary/aromatic N) is 2. The molecule has 0 saturated heterocycles. The van der Waals surface area contributed by atoms with E-state index in [-0.39, 0.29) is 0 Å². The number of aromatic nitrogens is 2. The molecule has 3 atom stereocenters. The molecule has 2 fully saturated rings. The Labute approximate surface area is 97.8 Å². The van der Waals surface area contributed by atoms with Crippen LogP contribution < -0.4 is 5.32 Å². The van der Waals surface area contributed by atoms with Gasteiger partial charge in [0.25, 0.3) is 0 Å². The average molecular weight is 268 g/mol. The second kappa shape index (κ2) is 3.74. The summed E-state index contributed by atoms with van der Waals surface area (Å²) in [6, 6.07) is 0.638.